The van der Waals surface area contributed by atoms with Gasteiger partial charge in [0.1, 0.15) is 0 Å². The average molecular weight is 322 g/mol. The second-order valence-electron chi connectivity index (χ2n) is 4.64. The monoisotopic (exact) mass is 321 g/mol. The molecule has 5 nitrogen and oxygen atoms in total. The van der Waals surface area contributed by atoms with Crippen LogP contribution in [0.2, 0.25) is 0 Å². The van der Waals surface area contributed by atoms with Gasteiger partial charge in [-0.25, -0.2) is 4.68 Å². The van der Waals surface area contributed by atoms with Gasteiger partial charge in [-0.1, -0.05) is 21.1 Å². The minimum atomic E-state index is 0.894. The molecule has 6 heteroatoms. The Labute approximate surface area is 120 Å². The van der Waals surface area contributed by atoms with E-state index in [0.29, 0.717) is 0 Å². The van der Waals surface area contributed by atoms with Crippen LogP contribution in [0, 0.1) is 0 Å². The normalized spacial score (nSPS) is 16.7. The van der Waals surface area contributed by atoms with E-state index in [4.69, 9.17) is 0 Å². The predicted octanol–water partition coefficient (Wildman–Crippen LogP) is 1.43. The van der Waals surface area contributed by atoms with Gasteiger partial charge in [-0.05, 0) is 24.3 Å². The standard InChI is InChI=1S/C13H16BrN5/c14-11-1-3-12(4-2-11)19-13(9-16-17-19)10-18-7-5-15-6-8-18/h1-4,9,15H,5-8,10H2. The Kier molecular flexibility index (Phi) is 3.91. The lowest BCUT2D eigenvalue weighted by Crippen LogP contribution is -2.43. The second kappa shape index (κ2) is 5.81. The van der Waals surface area contributed by atoms with Crippen molar-refractivity contribution in [3.05, 3.63) is 40.6 Å². The molecule has 0 radical (unpaired) electrons. The number of hydrogen-bond donors (Lipinski definition) is 1. The number of halogens is 1. The molecule has 0 saturated carbocycles. The van der Waals surface area contributed by atoms with E-state index < -0.39 is 0 Å². The van der Waals surface area contributed by atoms with Crippen molar-refractivity contribution in [1.82, 2.24) is 25.2 Å². The summed E-state index contributed by atoms with van der Waals surface area (Å²) in [6, 6.07) is 8.12. The highest BCUT2D eigenvalue weighted by atomic mass is 79.9. The van der Waals surface area contributed by atoms with Crippen LogP contribution in [0.15, 0.2) is 34.9 Å². The van der Waals surface area contributed by atoms with Crippen molar-refractivity contribution in [3.8, 4) is 5.69 Å². The summed E-state index contributed by atoms with van der Waals surface area (Å²) in [5.74, 6) is 0. The molecule has 0 unspecified atom stereocenters. The molecule has 1 aromatic heterocycles. The maximum atomic E-state index is 4.19. The van der Waals surface area contributed by atoms with E-state index in [1.165, 1.54) is 0 Å². The summed E-state index contributed by atoms with van der Waals surface area (Å²) in [6.45, 7) is 5.15. The van der Waals surface area contributed by atoms with Gasteiger partial charge in [-0.15, -0.1) is 5.10 Å². The molecule has 0 bridgehead atoms. The van der Waals surface area contributed by atoms with E-state index in [-0.39, 0.29) is 0 Å². The molecule has 1 aliphatic rings. The van der Waals surface area contributed by atoms with Gasteiger partial charge in [0.15, 0.2) is 0 Å². The smallest absolute Gasteiger partial charge is 0.0786 e. The molecule has 1 fully saturated rings. The van der Waals surface area contributed by atoms with Gasteiger partial charge in [0.2, 0.25) is 0 Å². The molecule has 3 rings (SSSR count). The number of rotatable bonds is 3. The van der Waals surface area contributed by atoms with Gasteiger partial charge < -0.3 is 5.32 Å². The lowest BCUT2D eigenvalue weighted by molar-refractivity contribution is 0.229. The predicted molar refractivity (Wildman–Crippen MR) is 77.2 cm³/mol. The van der Waals surface area contributed by atoms with E-state index in [0.717, 1.165) is 48.6 Å². The highest BCUT2D eigenvalue weighted by molar-refractivity contribution is 9.10. The van der Waals surface area contributed by atoms with E-state index in [2.05, 4.69) is 36.5 Å². The van der Waals surface area contributed by atoms with Crippen LogP contribution in [-0.2, 0) is 6.54 Å². The first kappa shape index (κ1) is 12.8. The Hall–Kier alpha value is -1.24. The van der Waals surface area contributed by atoms with Crippen LogP contribution >= 0.6 is 15.9 Å². The van der Waals surface area contributed by atoms with Crippen LogP contribution in [0.3, 0.4) is 0 Å². The Morgan fingerprint density at radius 2 is 1.89 bits per heavy atom. The highest BCUT2D eigenvalue weighted by Gasteiger charge is 2.13. The molecule has 0 aliphatic carbocycles. The molecule has 2 aromatic rings. The minimum Gasteiger partial charge on any atom is -0.314 e. The molecular weight excluding hydrogens is 306 g/mol. The van der Waals surface area contributed by atoms with Gasteiger partial charge in [-0.3, -0.25) is 4.90 Å². The lowest BCUT2D eigenvalue weighted by atomic mass is 10.3. The molecule has 0 spiro atoms. The Morgan fingerprint density at radius 3 is 2.63 bits per heavy atom. The third-order valence-electron chi connectivity index (χ3n) is 3.29. The van der Waals surface area contributed by atoms with Gasteiger partial charge in [-0.2, -0.15) is 0 Å². The number of benzene rings is 1. The zero-order chi connectivity index (χ0) is 13.1. The van der Waals surface area contributed by atoms with Gasteiger partial charge in [0, 0.05) is 37.2 Å². The first-order valence-electron chi connectivity index (χ1n) is 6.41. The van der Waals surface area contributed by atoms with E-state index in [1.54, 1.807) is 0 Å². The van der Waals surface area contributed by atoms with E-state index in [9.17, 15) is 0 Å². The number of nitrogens with one attached hydrogen (secondary N) is 1. The number of nitrogens with zero attached hydrogens (tertiary/aromatic N) is 4. The number of aromatic nitrogens is 3. The van der Waals surface area contributed by atoms with Gasteiger partial charge in [0.25, 0.3) is 0 Å². The molecule has 1 saturated heterocycles. The fraction of sp³-hybridized carbons (Fsp3) is 0.385. The van der Waals surface area contributed by atoms with Crippen LogP contribution in [-0.4, -0.2) is 46.1 Å². The summed E-state index contributed by atoms with van der Waals surface area (Å²) < 4.78 is 2.98. The number of hydrogen-bond acceptors (Lipinski definition) is 4. The highest BCUT2D eigenvalue weighted by Crippen LogP contribution is 2.15. The fourth-order valence-corrected chi connectivity index (χ4v) is 2.53. The maximum Gasteiger partial charge on any atom is 0.0786 e. The van der Waals surface area contributed by atoms with Gasteiger partial charge >= 0.3 is 0 Å². The molecular formula is C13H16BrN5. The minimum absolute atomic E-state index is 0.894. The third kappa shape index (κ3) is 3.02. The summed E-state index contributed by atoms with van der Waals surface area (Å²) in [5.41, 5.74) is 2.18. The van der Waals surface area contributed by atoms with E-state index in [1.807, 2.05) is 35.1 Å². The quantitative estimate of drug-likeness (QED) is 0.929. The molecule has 0 atom stereocenters. The summed E-state index contributed by atoms with van der Waals surface area (Å²) in [7, 11) is 0. The Morgan fingerprint density at radius 1 is 1.16 bits per heavy atom. The Balaban J connectivity index is 1.79. The van der Waals surface area contributed by atoms with Crippen molar-refractivity contribution < 1.29 is 0 Å². The second-order valence-corrected chi connectivity index (χ2v) is 5.56. The van der Waals surface area contributed by atoms with Crippen LogP contribution in [0.4, 0.5) is 0 Å². The molecule has 2 heterocycles. The first-order chi connectivity index (χ1) is 9.33. The first-order valence-corrected chi connectivity index (χ1v) is 7.21. The molecule has 100 valence electrons. The number of piperazine rings is 1. The van der Waals surface area contributed by atoms with E-state index >= 15 is 0 Å². The lowest BCUT2D eigenvalue weighted by Gasteiger charge is -2.26. The van der Waals surface area contributed by atoms with Crippen LogP contribution < -0.4 is 5.32 Å². The third-order valence-corrected chi connectivity index (χ3v) is 3.81. The van der Waals surface area contributed by atoms with Gasteiger partial charge in [0.05, 0.1) is 17.6 Å². The summed E-state index contributed by atoms with van der Waals surface area (Å²) in [6.07, 6.45) is 1.85. The maximum absolute atomic E-state index is 4.19. The van der Waals surface area contributed by atoms with Crippen LogP contribution in [0.25, 0.3) is 5.69 Å². The van der Waals surface area contributed by atoms with Crippen molar-refractivity contribution in [1.29, 1.82) is 0 Å². The van der Waals surface area contributed by atoms with Crippen LogP contribution in [0.5, 0.6) is 0 Å². The van der Waals surface area contributed by atoms with Crippen molar-refractivity contribution in [2.24, 2.45) is 0 Å². The van der Waals surface area contributed by atoms with Crippen molar-refractivity contribution in [2.45, 2.75) is 6.54 Å². The topological polar surface area (TPSA) is 46.0 Å². The summed E-state index contributed by atoms with van der Waals surface area (Å²) >= 11 is 3.45. The molecule has 1 aromatic carbocycles. The summed E-state index contributed by atoms with van der Waals surface area (Å²) in [5, 5.41) is 11.6. The summed E-state index contributed by atoms with van der Waals surface area (Å²) in [4.78, 5) is 2.42. The molecule has 19 heavy (non-hydrogen) atoms. The SMILES string of the molecule is Brc1ccc(-n2nncc2CN2CCNCC2)cc1. The molecule has 0 amide bonds. The largest absolute Gasteiger partial charge is 0.314 e. The fourth-order valence-electron chi connectivity index (χ4n) is 2.26. The van der Waals surface area contributed by atoms with Crippen LogP contribution in [0.1, 0.15) is 5.69 Å². The zero-order valence-corrected chi connectivity index (χ0v) is 12.2. The zero-order valence-electron chi connectivity index (χ0n) is 10.6. The average Bonchev–Trinajstić information content (AvgIpc) is 2.89. The van der Waals surface area contributed by atoms with Crippen molar-refractivity contribution >= 4 is 15.9 Å². The van der Waals surface area contributed by atoms with Crippen molar-refractivity contribution in [2.75, 3.05) is 26.2 Å². The van der Waals surface area contributed by atoms with Crippen molar-refractivity contribution in [3.63, 3.8) is 0 Å². The molecule has 1 aliphatic heterocycles. The molecule has 1 N–H and O–H groups in total. The Bertz CT molecular complexity index is 530.